The Bertz CT molecular complexity index is 1210. The van der Waals surface area contributed by atoms with Crippen molar-refractivity contribution in [2.45, 2.75) is 6.92 Å². The van der Waals surface area contributed by atoms with Crippen LogP contribution >= 0.6 is 11.3 Å². The predicted molar refractivity (Wildman–Crippen MR) is 114 cm³/mol. The Morgan fingerprint density at radius 3 is 2.41 bits per heavy atom. The Morgan fingerprint density at radius 1 is 0.966 bits per heavy atom. The van der Waals surface area contributed by atoms with Gasteiger partial charge in [0, 0.05) is 0 Å². The normalized spacial score (nSPS) is 11.2. The number of thiazole rings is 1. The van der Waals surface area contributed by atoms with E-state index >= 15 is 0 Å². The monoisotopic (exact) mass is 403 g/mol. The molecular formula is C23H17NO4S. The Hall–Kier alpha value is -3.64. The van der Waals surface area contributed by atoms with E-state index in [1.165, 1.54) is 47.2 Å². The summed E-state index contributed by atoms with van der Waals surface area (Å²) in [6, 6.07) is 16.9. The van der Waals surface area contributed by atoms with E-state index in [0.717, 1.165) is 5.56 Å². The minimum absolute atomic E-state index is 0.0238. The Balaban J connectivity index is 1.63. The van der Waals surface area contributed by atoms with Gasteiger partial charge in [0.2, 0.25) is 0 Å². The van der Waals surface area contributed by atoms with Crippen molar-refractivity contribution in [2.24, 2.45) is 0 Å². The van der Waals surface area contributed by atoms with E-state index < -0.39 is 5.97 Å². The summed E-state index contributed by atoms with van der Waals surface area (Å²) in [6.45, 7) is 2.03. The quantitative estimate of drug-likeness (QED) is 0.352. The molecule has 0 spiro atoms. The van der Waals surface area contributed by atoms with Gasteiger partial charge in [0.25, 0.3) is 0 Å². The molecule has 0 unspecified atom stereocenters. The summed E-state index contributed by atoms with van der Waals surface area (Å²) in [5.74, 6) is -0.137. The fraction of sp³-hybridized carbons (Fsp3) is 0.0435. The number of fused-ring (bicyclic) bond motifs is 1. The number of phenolic OH excluding ortho intramolecular Hbond substituents is 2. The number of carbonyl (C=O) groups is 1. The Kier molecular flexibility index (Phi) is 5.01. The number of hydrogen-bond donors (Lipinski definition) is 2. The first-order chi connectivity index (χ1) is 14.0. The number of phenols is 2. The van der Waals surface area contributed by atoms with Crippen LogP contribution < -0.4 is 4.74 Å². The summed E-state index contributed by atoms with van der Waals surface area (Å²) in [5, 5.41) is 20.2. The molecule has 5 nitrogen and oxygen atoms in total. The Morgan fingerprint density at radius 2 is 1.69 bits per heavy atom. The van der Waals surface area contributed by atoms with Gasteiger partial charge in [-0.3, -0.25) is 0 Å². The van der Waals surface area contributed by atoms with Crippen molar-refractivity contribution >= 4 is 39.7 Å². The smallest absolute Gasteiger partial charge is 0.343 e. The number of rotatable bonds is 4. The Labute approximate surface area is 171 Å². The lowest BCUT2D eigenvalue weighted by atomic mass is 10.1. The molecule has 0 saturated heterocycles. The SMILES string of the molecule is Cc1ccc(/C=C/c2nc3c(O)ccc(OC(=O)c4ccc(O)cc4)c3s2)cc1. The van der Waals surface area contributed by atoms with Crippen LogP contribution in [0.5, 0.6) is 17.2 Å². The average molecular weight is 403 g/mol. The summed E-state index contributed by atoms with van der Waals surface area (Å²) < 4.78 is 6.10. The lowest BCUT2D eigenvalue weighted by Gasteiger charge is -2.05. The van der Waals surface area contributed by atoms with Crippen molar-refractivity contribution in [3.63, 3.8) is 0 Å². The lowest BCUT2D eigenvalue weighted by Crippen LogP contribution is -2.08. The molecule has 1 aromatic heterocycles. The van der Waals surface area contributed by atoms with Gasteiger partial charge in [-0.25, -0.2) is 9.78 Å². The maximum Gasteiger partial charge on any atom is 0.343 e. The van der Waals surface area contributed by atoms with Crippen molar-refractivity contribution in [3.8, 4) is 17.2 Å². The predicted octanol–water partition coefficient (Wildman–Crippen LogP) is 5.41. The molecule has 0 bridgehead atoms. The van der Waals surface area contributed by atoms with E-state index in [1.54, 1.807) is 6.07 Å². The summed E-state index contributed by atoms with van der Waals surface area (Å²) in [5.41, 5.74) is 2.92. The highest BCUT2D eigenvalue weighted by molar-refractivity contribution is 7.19. The van der Waals surface area contributed by atoms with Gasteiger partial charge in [-0.2, -0.15) is 0 Å². The van der Waals surface area contributed by atoms with Crippen molar-refractivity contribution in [1.29, 1.82) is 0 Å². The number of aryl methyl sites for hydroxylation is 1. The summed E-state index contributed by atoms with van der Waals surface area (Å²) >= 11 is 1.32. The van der Waals surface area contributed by atoms with E-state index in [2.05, 4.69) is 4.98 Å². The number of hydrogen-bond acceptors (Lipinski definition) is 6. The second-order valence-electron chi connectivity index (χ2n) is 6.49. The lowest BCUT2D eigenvalue weighted by molar-refractivity contribution is 0.0737. The summed E-state index contributed by atoms with van der Waals surface area (Å²) in [4.78, 5) is 16.9. The standard InChI is InChI=1S/C23H17NO4S/c1-14-2-4-15(5-3-14)6-13-20-24-21-18(26)11-12-19(22(21)29-20)28-23(27)16-7-9-17(25)10-8-16/h2-13,25-26H,1H3/b13-6+. The maximum atomic E-state index is 12.4. The molecule has 0 saturated carbocycles. The minimum atomic E-state index is -0.554. The summed E-state index contributed by atoms with van der Waals surface area (Å²) in [7, 11) is 0. The third-order valence-corrected chi connectivity index (χ3v) is 5.34. The van der Waals surface area contributed by atoms with Crippen LogP contribution in [0.25, 0.3) is 22.4 Å². The van der Waals surface area contributed by atoms with Gasteiger partial charge < -0.3 is 14.9 Å². The summed E-state index contributed by atoms with van der Waals surface area (Å²) in [6.07, 6.45) is 3.80. The van der Waals surface area contributed by atoms with Crippen LogP contribution in [-0.4, -0.2) is 21.2 Å². The average Bonchev–Trinajstić information content (AvgIpc) is 3.16. The van der Waals surface area contributed by atoms with Crippen LogP contribution in [0.15, 0.2) is 60.7 Å². The topological polar surface area (TPSA) is 79.7 Å². The van der Waals surface area contributed by atoms with E-state index in [0.29, 0.717) is 26.5 Å². The molecule has 0 fully saturated rings. The molecule has 2 N–H and O–H groups in total. The van der Waals surface area contributed by atoms with E-state index in [4.69, 9.17) is 4.74 Å². The molecule has 0 aliphatic heterocycles. The van der Waals surface area contributed by atoms with Crippen LogP contribution in [0, 0.1) is 6.92 Å². The first kappa shape index (κ1) is 18.7. The van der Waals surface area contributed by atoms with Crippen molar-refractivity contribution < 1.29 is 19.7 Å². The van der Waals surface area contributed by atoms with Gasteiger partial charge in [0.1, 0.15) is 26.7 Å². The second-order valence-corrected chi connectivity index (χ2v) is 7.52. The molecule has 144 valence electrons. The van der Waals surface area contributed by atoms with Crippen LogP contribution in [0.4, 0.5) is 0 Å². The van der Waals surface area contributed by atoms with Crippen LogP contribution in [0.1, 0.15) is 26.5 Å². The van der Waals surface area contributed by atoms with E-state index in [1.807, 2.05) is 43.3 Å². The van der Waals surface area contributed by atoms with Crippen molar-refractivity contribution in [1.82, 2.24) is 4.98 Å². The van der Waals surface area contributed by atoms with Gasteiger partial charge in [0.15, 0.2) is 5.75 Å². The molecular weight excluding hydrogens is 386 g/mol. The molecule has 0 aliphatic carbocycles. The third-order valence-electron chi connectivity index (χ3n) is 4.30. The highest BCUT2D eigenvalue weighted by Crippen LogP contribution is 2.37. The number of aromatic nitrogens is 1. The largest absolute Gasteiger partial charge is 0.508 e. The van der Waals surface area contributed by atoms with Gasteiger partial charge in [-0.15, -0.1) is 11.3 Å². The number of aromatic hydroxyl groups is 2. The van der Waals surface area contributed by atoms with Crippen molar-refractivity contribution in [2.75, 3.05) is 0 Å². The molecule has 1 heterocycles. The molecule has 0 atom stereocenters. The number of esters is 1. The third kappa shape index (κ3) is 4.12. The molecule has 6 heteroatoms. The highest BCUT2D eigenvalue weighted by Gasteiger charge is 2.16. The number of benzene rings is 3. The second kappa shape index (κ2) is 7.77. The van der Waals surface area contributed by atoms with Gasteiger partial charge in [-0.05, 0) is 55.0 Å². The zero-order valence-corrected chi connectivity index (χ0v) is 16.3. The first-order valence-corrected chi connectivity index (χ1v) is 9.70. The fourth-order valence-corrected chi connectivity index (χ4v) is 3.68. The van der Waals surface area contributed by atoms with Crippen LogP contribution in [0.2, 0.25) is 0 Å². The van der Waals surface area contributed by atoms with E-state index in [-0.39, 0.29) is 11.5 Å². The molecule has 3 aromatic carbocycles. The molecule has 0 aliphatic rings. The number of nitrogens with zero attached hydrogens (tertiary/aromatic N) is 1. The highest BCUT2D eigenvalue weighted by atomic mass is 32.1. The molecule has 29 heavy (non-hydrogen) atoms. The van der Waals surface area contributed by atoms with Gasteiger partial charge in [0.05, 0.1) is 5.56 Å². The number of ether oxygens (including phenoxy) is 1. The zero-order chi connectivity index (χ0) is 20.4. The van der Waals surface area contributed by atoms with Crippen molar-refractivity contribution in [3.05, 3.63) is 82.4 Å². The molecule has 0 amide bonds. The fourth-order valence-electron chi connectivity index (χ4n) is 2.74. The van der Waals surface area contributed by atoms with Crippen LogP contribution in [-0.2, 0) is 0 Å². The molecule has 0 radical (unpaired) electrons. The molecule has 4 rings (SSSR count). The minimum Gasteiger partial charge on any atom is -0.508 e. The van der Waals surface area contributed by atoms with Gasteiger partial charge in [-0.1, -0.05) is 35.9 Å². The number of carbonyl (C=O) groups excluding carboxylic acids is 1. The molecule has 4 aromatic rings. The first-order valence-electron chi connectivity index (χ1n) is 8.88. The zero-order valence-electron chi connectivity index (χ0n) is 15.5. The maximum absolute atomic E-state index is 12.4. The van der Waals surface area contributed by atoms with Gasteiger partial charge >= 0.3 is 5.97 Å². The van der Waals surface area contributed by atoms with Crippen LogP contribution in [0.3, 0.4) is 0 Å². The van der Waals surface area contributed by atoms with E-state index in [9.17, 15) is 15.0 Å².